The first-order valence-electron chi connectivity index (χ1n) is 3.24. The Labute approximate surface area is 69.5 Å². The number of nitrogens with one attached hydrogen (secondary N) is 1. The van der Waals surface area contributed by atoms with E-state index in [1.165, 1.54) is 7.05 Å². The highest BCUT2D eigenvalue weighted by Crippen LogP contribution is 2.03. The molecule has 3 nitrogen and oxygen atoms in total. The fourth-order valence-corrected chi connectivity index (χ4v) is 0.772. The molecule has 0 aliphatic heterocycles. The Balaban J connectivity index is 3.63. The van der Waals surface area contributed by atoms with Gasteiger partial charge in [-0.2, -0.15) is 4.39 Å². The number of hydrogen-bond donors (Lipinski definition) is 1. The average molecular weight is 178 g/mol. The van der Waals surface area contributed by atoms with Gasteiger partial charge in [-0.05, 0) is 5.75 Å². The number of aliphatic imine (C=N–C) groups is 1. The highest BCUT2D eigenvalue weighted by Gasteiger charge is 1.97. The van der Waals surface area contributed by atoms with Crippen LogP contribution >= 0.6 is 11.8 Å². The maximum absolute atomic E-state index is 12.4. The molecule has 0 saturated heterocycles. The van der Waals surface area contributed by atoms with Crippen LogP contribution in [0.3, 0.4) is 0 Å². The Bertz CT molecular complexity index is 161. The number of carbonyl (C=O) groups excluding carboxylic acids is 1. The second-order valence-electron chi connectivity index (χ2n) is 1.68. The summed E-state index contributed by atoms with van der Waals surface area (Å²) in [6.45, 7) is 1.69. The fraction of sp³-hybridized carbons (Fsp3) is 0.667. The third-order valence-corrected chi connectivity index (χ3v) is 1.55. The summed E-state index contributed by atoms with van der Waals surface area (Å²) >= 11 is 0.987. The SMILES string of the molecule is CCSC(F)=NCC(=O)NC. The van der Waals surface area contributed by atoms with E-state index in [0.29, 0.717) is 5.75 Å². The van der Waals surface area contributed by atoms with Crippen LogP contribution in [0.2, 0.25) is 0 Å². The van der Waals surface area contributed by atoms with Crippen molar-refractivity contribution in [2.24, 2.45) is 4.99 Å². The first-order chi connectivity index (χ1) is 5.20. The molecule has 11 heavy (non-hydrogen) atoms. The predicted octanol–water partition coefficient (Wildman–Crippen LogP) is 0.811. The molecule has 0 aliphatic rings. The van der Waals surface area contributed by atoms with E-state index in [0.717, 1.165) is 11.8 Å². The molecule has 0 radical (unpaired) electrons. The van der Waals surface area contributed by atoms with E-state index in [2.05, 4.69) is 10.3 Å². The van der Waals surface area contributed by atoms with Gasteiger partial charge in [0.2, 0.25) is 11.2 Å². The smallest absolute Gasteiger partial charge is 0.243 e. The average Bonchev–Trinajstić information content (AvgIpc) is 2.01. The summed E-state index contributed by atoms with van der Waals surface area (Å²) in [4.78, 5) is 13.9. The van der Waals surface area contributed by atoms with Crippen molar-refractivity contribution in [2.75, 3.05) is 19.3 Å². The van der Waals surface area contributed by atoms with Gasteiger partial charge in [-0.3, -0.25) is 4.79 Å². The number of thioether (sulfide) groups is 1. The molecule has 0 aromatic rings. The zero-order chi connectivity index (χ0) is 8.69. The molecule has 5 heteroatoms. The molecule has 0 aromatic heterocycles. The third-order valence-electron chi connectivity index (χ3n) is 0.889. The van der Waals surface area contributed by atoms with E-state index in [1.807, 2.05) is 6.92 Å². The summed E-state index contributed by atoms with van der Waals surface area (Å²) in [7, 11) is 1.49. The number of nitrogens with zero attached hydrogens (tertiary/aromatic N) is 1. The van der Waals surface area contributed by atoms with Crippen LogP contribution in [0.25, 0.3) is 0 Å². The molecule has 0 rings (SSSR count). The summed E-state index contributed by atoms with van der Waals surface area (Å²) in [5, 5.41) is 1.81. The molecule has 64 valence electrons. The molecule has 1 N–H and O–H groups in total. The van der Waals surface area contributed by atoms with Crippen LogP contribution in [0.4, 0.5) is 4.39 Å². The Morgan fingerprint density at radius 1 is 1.73 bits per heavy atom. The van der Waals surface area contributed by atoms with Gasteiger partial charge in [-0.15, -0.1) is 0 Å². The van der Waals surface area contributed by atoms with Gasteiger partial charge in [0.1, 0.15) is 6.54 Å². The molecule has 0 aliphatic carbocycles. The minimum atomic E-state index is -0.531. The normalized spacial score (nSPS) is 11.4. The van der Waals surface area contributed by atoms with Crippen LogP contribution in [0.15, 0.2) is 4.99 Å². The largest absolute Gasteiger partial charge is 0.358 e. The maximum Gasteiger partial charge on any atom is 0.243 e. The van der Waals surface area contributed by atoms with Crippen molar-refractivity contribution >= 4 is 23.0 Å². The lowest BCUT2D eigenvalue weighted by Crippen LogP contribution is -2.20. The minimum absolute atomic E-state index is 0.130. The Morgan fingerprint density at radius 2 is 2.36 bits per heavy atom. The van der Waals surface area contributed by atoms with Crippen LogP contribution in [-0.2, 0) is 4.79 Å². The molecule has 0 heterocycles. The van der Waals surface area contributed by atoms with Gasteiger partial charge in [0.05, 0.1) is 0 Å². The van der Waals surface area contributed by atoms with Crippen molar-refractivity contribution in [3.63, 3.8) is 0 Å². The zero-order valence-electron chi connectivity index (χ0n) is 6.56. The Morgan fingerprint density at radius 3 is 2.82 bits per heavy atom. The zero-order valence-corrected chi connectivity index (χ0v) is 7.37. The van der Waals surface area contributed by atoms with Crippen LogP contribution in [0.1, 0.15) is 6.92 Å². The van der Waals surface area contributed by atoms with Crippen molar-refractivity contribution < 1.29 is 9.18 Å². The lowest BCUT2D eigenvalue weighted by Gasteiger charge is -1.93. The van der Waals surface area contributed by atoms with Gasteiger partial charge in [-0.1, -0.05) is 18.7 Å². The lowest BCUT2D eigenvalue weighted by atomic mass is 10.6. The van der Waals surface area contributed by atoms with E-state index >= 15 is 0 Å². The van der Waals surface area contributed by atoms with Gasteiger partial charge in [0.25, 0.3) is 0 Å². The second kappa shape index (κ2) is 6.15. The van der Waals surface area contributed by atoms with Crippen LogP contribution < -0.4 is 5.32 Å². The number of halogens is 1. The number of carbonyl (C=O) groups is 1. The highest BCUT2D eigenvalue weighted by molar-refractivity contribution is 8.13. The van der Waals surface area contributed by atoms with Gasteiger partial charge in [-0.25, -0.2) is 4.99 Å². The second-order valence-corrected chi connectivity index (χ2v) is 2.88. The predicted molar refractivity (Wildman–Crippen MR) is 45.6 cm³/mol. The maximum atomic E-state index is 12.4. The molecule has 0 fully saturated rings. The Kier molecular flexibility index (Phi) is 5.83. The third kappa shape index (κ3) is 5.84. The molecular weight excluding hydrogens is 167 g/mol. The quantitative estimate of drug-likeness (QED) is 0.513. The van der Waals surface area contributed by atoms with E-state index in [9.17, 15) is 9.18 Å². The summed E-state index contributed by atoms with van der Waals surface area (Å²) in [6.07, 6.45) is 0. The molecule has 0 bridgehead atoms. The summed E-state index contributed by atoms with van der Waals surface area (Å²) in [5.74, 6) is 0.347. The van der Waals surface area contributed by atoms with E-state index in [-0.39, 0.29) is 12.5 Å². The highest BCUT2D eigenvalue weighted by atomic mass is 32.2. The first-order valence-corrected chi connectivity index (χ1v) is 4.22. The molecule has 0 aromatic carbocycles. The molecule has 0 saturated carbocycles. The van der Waals surface area contributed by atoms with Crippen molar-refractivity contribution in [1.29, 1.82) is 0 Å². The summed E-state index contributed by atoms with van der Waals surface area (Å²) in [6, 6.07) is 0. The number of rotatable bonds is 3. The van der Waals surface area contributed by atoms with Crippen molar-refractivity contribution in [2.45, 2.75) is 6.92 Å². The van der Waals surface area contributed by atoms with Crippen molar-refractivity contribution in [1.82, 2.24) is 5.32 Å². The summed E-state index contributed by atoms with van der Waals surface area (Å²) in [5.41, 5.74) is 0. The van der Waals surface area contributed by atoms with E-state index in [1.54, 1.807) is 0 Å². The lowest BCUT2D eigenvalue weighted by molar-refractivity contribution is -0.119. The number of likely N-dealkylation sites (N-methyl/N-ethyl adjacent to an activating group) is 1. The standard InChI is InChI=1S/C6H11FN2OS/c1-3-11-6(7)9-4-5(10)8-2/h3-4H2,1-2H3,(H,8,10). The van der Waals surface area contributed by atoms with E-state index in [4.69, 9.17) is 0 Å². The van der Waals surface area contributed by atoms with Gasteiger partial charge in [0, 0.05) is 7.05 Å². The monoisotopic (exact) mass is 178 g/mol. The molecule has 0 atom stereocenters. The summed E-state index contributed by atoms with van der Waals surface area (Å²) < 4.78 is 12.4. The Hall–Kier alpha value is -0.580. The number of amides is 1. The van der Waals surface area contributed by atoms with Crippen LogP contribution in [0, 0.1) is 0 Å². The fourth-order valence-electron chi connectivity index (χ4n) is 0.378. The van der Waals surface area contributed by atoms with E-state index < -0.39 is 5.30 Å². The molecule has 0 spiro atoms. The molecular formula is C6H11FN2OS. The topological polar surface area (TPSA) is 41.5 Å². The van der Waals surface area contributed by atoms with Crippen molar-refractivity contribution in [3.8, 4) is 0 Å². The van der Waals surface area contributed by atoms with Gasteiger partial charge >= 0.3 is 0 Å². The van der Waals surface area contributed by atoms with Crippen LogP contribution in [-0.4, -0.2) is 30.5 Å². The first kappa shape index (κ1) is 10.4. The van der Waals surface area contributed by atoms with Gasteiger partial charge < -0.3 is 5.32 Å². The van der Waals surface area contributed by atoms with Crippen LogP contribution in [0.5, 0.6) is 0 Å². The number of hydrogen-bond acceptors (Lipinski definition) is 3. The molecule has 0 unspecified atom stereocenters. The van der Waals surface area contributed by atoms with Crippen molar-refractivity contribution in [3.05, 3.63) is 0 Å². The molecule has 1 amide bonds. The minimum Gasteiger partial charge on any atom is -0.358 e. The van der Waals surface area contributed by atoms with Gasteiger partial charge in [0.15, 0.2) is 0 Å².